The second kappa shape index (κ2) is 14.8. The molecule has 0 aromatic heterocycles. The van der Waals surface area contributed by atoms with Crippen LogP contribution in [0.4, 0.5) is 10.1 Å². The molecule has 1 aliphatic heterocycles. The van der Waals surface area contributed by atoms with E-state index in [2.05, 4.69) is 5.32 Å². The molecule has 0 saturated heterocycles. The Morgan fingerprint density at radius 1 is 0.956 bits per heavy atom. The Kier molecular flexibility index (Phi) is 10.6. The van der Waals surface area contributed by atoms with E-state index in [9.17, 15) is 22.4 Å². The van der Waals surface area contributed by atoms with Crippen molar-refractivity contribution < 1.29 is 31.9 Å². The number of carbonyl (C=O) groups excluding carboxylic acids is 2. The highest BCUT2D eigenvalue weighted by molar-refractivity contribution is 7.92. The van der Waals surface area contributed by atoms with Gasteiger partial charge >= 0.3 is 0 Å². The number of rotatable bonds is 13. The lowest BCUT2D eigenvalue weighted by Gasteiger charge is -2.34. The topological polar surface area (TPSA) is 105 Å². The lowest BCUT2D eigenvalue weighted by Crippen LogP contribution is -2.53. The molecule has 1 fully saturated rings. The van der Waals surface area contributed by atoms with Crippen LogP contribution in [-0.4, -0.2) is 56.8 Å². The number of sulfonamides is 1. The monoisotopic (exact) mass is 637 g/mol. The predicted molar refractivity (Wildman–Crippen MR) is 170 cm³/mol. The number of nitrogens with zero attached hydrogens (tertiary/aromatic N) is 2. The summed E-state index contributed by atoms with van der Waals surface area (Å²) in [7, 11) is -3.70. The van der Waals surface area contributed by atoms with Gasteiger partial charge in [-0.2, -0.15) is 0 Å². The number of nitrogens with one attached hydrogen (secondary N) is 1. The molecule has 1 atom stereocenters. The van der Waals surface area contributed by atoms with Crippen molar-refractivity contribution in [3.05, 3.63) is 89.7 Å². The first kappa shape index (κ1) is 32.3. The zero-order valence-corrected chi connectivity index (χ0v) is 26.3. The molecule has 1 unspecified atom stereocenters. The summed E-state index contributed by atoms with van der Waals surface area (Å²) in [5.41, 5.74) is 1.57. The first-order valence-electron chi connectivity index (χ1n) is 15.4. The zero-order chi connectivity index (χ0) is 31.8. The van der Waals surface area contributed by atoms with Gasteiger partial charge in [-0.3, -0.25) is 13.9 Å². The highest BCUT2D eigenvalue weighted by atomic mass is 32.2. The second-order valence-corrected chi connectivity index (χ2v) is 13.5. The van der Waals surface area contributed by atoms with E-state index in [1.165, 1.54) is 15.3 Å². The number of fused-ring (bicyclic) bond motifs is 1. The molecule has 1 saturated carbocycles. The SMILES string of the molecule is CS(=O)(=O)N(CCCC(=O)N(Cc1ccccc1F)C(Cc1ccccc1)C(=O)NC1CCCCC1)c1ccc2c(c1)OCO2. The van der Waals surface area contributed by atoms with E-state index < -0.39 is 21.9 Å². The van der Waals surface area contributed by atoms with E-state index in [0.717, 1.165) is 43.9 Å². The van der Waals surface area contributed by atoms with Crippen LogP contribution in [0.2, 0.25) is 0 Å². The molecule has 3 aromatic carbocycles. The molecule has 3 aromatic rings. The summed E-state index contributed by atoms with van der Waals surface area (Å²) >= 11 is 0. The Balaban J connectivity index is 1.38. The molecule has 1 N–H and O–H groups in total. The predicted octanol–water partition coefficient (Wildman–Crippen LogP) is 5.19. The lowest BCUT2D eigenvalue weighted by atomic mass is 9.94. The van der Waals surface area contributed by atoms with Crippen LogP contribution in [-0.2, 0) is 32.6 Å². The van der Waals surface area contributed by atoms with Crippen molar-refractivity contribution in [2.75, 3.05) is 23.9 Å². The van der Waals surface area contributed by atoms with E-state index in [1.54, 1.807) is 36.4 Å². The Bertz CT molecular complexity index is 1580. The highest BCUT2D eigenvalue weighted by Crippen LogP contribution is 2.36. The summed E-state index contributed by atoms with van der Waals surface area (Å²) in [5.74, 6) is -0.124. The van der Waals surface area contributed by atoms with Gasteiger partial charge in [-0.05, 0) is 43.0 Å². The summed E-state index contributed by atoms with van der Waals surface area (Å²) in [4.78, 5) is 29.4. The van der Waals surface area contributed by atoms with E-state index in [-0.39, 0.29) is 57.0 Å². The van der Waals surface area contributed by atoms with Crippen LogP contribution in [0.5, 0.6) is 11.5 Å². The normalized spacial score (nSPS) is 15.3. The molecule has 0 radical (unpaired) electrons. The van der Waals surface area contributed by atoms with E-state index in [1.807, 2.05) is 30.3 Å². The number of ether oxygens (including phenoxy) is 2. The third kappa shape index (κ3) is 8.54. The van der Waals surface area contributed by atoms with Crippen molar-refractivity contribution in [2.45, 2.75) is 70.0 Å². The fourth-order valence-electron chi connectivity index (χ4n) is 5.95. The molecular weight excluding hydrogens is 597 g/mol. The number of hydrogen-bond donors (Lipinski definition) is 1. The average molecular weight is 638 g/mol. The molecule has 2 amide bonds. The fourth-order valence-corrected chi connectivity index (χ4v) is 6.91. The van der Waals surface area contributed by atoms with Gasteiger partial charge in [-0.1, -0.05) is 67.8 Å². The summed E-state index contributed by atoms with van der Waals surface area (Å²) in [5, 5.41) is 3.17. The molecule has 0 spiro atoms. The molecule has 5 rings (SSSR count). The summed E-state index contributed by atoms with van der Waals surface area (Å²) < 4.78 is 52.5. The Morgan fingerprint density at radius 2 is 1.67 bits per heavy atom. The van der Waals surface area contributed by atoms with Crippen molar-refractivity contribution in [1.82, 2.24) is 10.2 Å². The van der Waals surface area contributed by atoms with Crippen LogP contribution >= 0.6 is 0 Å². The van der Waals surface area contributed by atoms with Gasteiger partial charge in [0, 0.05) is 43.6 Å². The van der Waals surface area contributed by atoms with Gasteiger partial charge in [0.25, 0.3) is 0 Å². The van der Waals surface area contributed by atoms with Crippen molar-refractivity contribution >= 4 is 27.5 Å². The van der Waals surface area contributed by atoms with Gasteiger partial charge in [0.05, 0.1) is 11.9 Å². The van der Waals surface area contributed by atoms with Crippen LogP contribution in [0.1, 0.15) is 56.1 Å². The lowest BCUT2D eigenvalue weighted by molar-refractivity contribution is -0.141. The van der Waals surface area contributed by atoms with Crippen LogP contribution in [0, 0.1) is 5.82 Å². The standard InChI is InChI=1S/C34H40FN3O6S/c1-45(41,42)38(28-18-19-31-32(22-28)44-24-43-31)20-10-17-33(39)37(23-26-13-8-9-16-29(26)35)30(21-25-11-4-2-5-12-25)34(40)36-27-14-6-3-7-15-27/h2,4-5,8-9,11-13,16,18-19,22,27,30H,3,6-7,10,14-15,17,20-21,23-24H2,1H3,(H,36,40). The van der Waals surface area contributed by atoms with Gasteiger partial charge in [0.1, 0.15) is 11.9 Å². The average Bonchev–Trinajstić information content (AvgIpc) is 3.50. The third-order valence-electron chi connectivity index (χ3n) is 8.32. The smallest absolute Gasteiger partial charge is 0.243 e. The number of anilines is 1. The van der Waals surface area contributed by atoms with Crippen LogP contribution in [0.25, 0.3) is 0 Å². The van der Waals surface area contributed by atoms with Crippen LogP contribution < -0.4 is 19.1 Å². The molecular formula is C34H40FN3O6S. The molecule has 2 aliphatic rings. The van der Waals surface area contributed by atoms with Crippen molar-refractivity contribution in [3.63, 3.8) is 0 Å². The number of amides is 2. The third-order valence-corrected chi connectivity index (χ3v) is 9.51. The van der Waals surface area contributed by atoms with Crippen molar-refractivity contribution in [1.29, 1.82) is 0 Å². The Morgan fingerprint density at radius 3 is 2.40 bits per heavy atom. The highest BCUT2D eigenvalue weighted by Gasteiger charge is 2.32. The maximum atomic E-state index is 14.9. The molecule has 9 nitrogen and oxygen atoms in total. The maximum Gasteiger partial charge on any atom is 0.243 e. The van der Waals surface area contributed by atoms with Crippen LogP contribution in [0.3, 0.4) is 0 Å². The van der Waals surface area contributed by atoms with Gasteiger partial charge in [0.15, 0.2) is 11.5 Å². The summed E-state index contributed by atoms with van der Waals surface area (Å²) in [6.07, 6.45) is 6.46. The molecule has 1 aliphatic carbocycles. The largest absolute Gasteiger partial charge is 0.454 e. The number of halogens is 1. The molecule has 240 valence electrons. The minimum atomic E-state index is -3.70. The number of benzene rings is 3. The zero-order valence-electron chi connectivity index (χ0n) is 25.5. The first-order chi connectivity index (χ1) is 21.7. The Hall–Kier alpha value is -4.12. The first-order valence-corrected chi connectivity index (χ1v) is 17.3. The molecule has 11 heteroatoms. The minimum Gasteiger partial charge on any atom is -0.454 e. The Labute approximate surface area is 264 Å². The maximum absolute atomic E-state index is 14.9. The summed E-state index contributed by atoms with van der Waals surface area (Å²) in [6, 6.07) is 19.7. The molecule has 1 heterocycles. The van der Waals surface area contributed by atoms with E-state index in [4.69, 9.17) is 9.47 Å². The van der Waals surface area contributed by atoms with E-state index in [0.29, 0.717) is 22.7 Å². The molecule has 0 bridgehead atoms. The number of carbonyl (C=O) groups is 2. The summed E-state index contributed by atoms with van der Waals surface area (Å²) in [6.45, 7) is -0.0170. The molecule has 45 heavy (non-hydrogen) atoms. The second-order valence-electron chi connectivity index (χ2n) is 11.6. The van der Waals surface area contributed by atoms with Gasteiger partial charge in [0.2, 0.25) is 28.6 Å². The quantitative estimate of drug-likeness (QED) is 0.277. The van der Waals surface area contributed by atoms with Crippen molar-refractivity contribution in [2.24, 2.45) is 0 Å². The van der Waals surface area contributed by atoms with Gasteiger partial charge in [-0.15, -0.1) is 0 Å². The number of hydrogen-bond acceptors (Lipinski definition) is 6. The van der Waals surface area contributed by atoms with Crippen molar-refractivity contribution in [3.8, 4) is 11.5 Å². The van der Waals surface area contributed by atoms with Crippen LogP contribution in [0.15, 0.2) is 72.8 Å². The van der Waals surface area contributed by atoms with Gasteiger partial charge < -0.3 is 19.7 Å². The minimum absolute atomic E-state index is 0.0232. The fraction of sp³-hybridized carbons (Fsp3) is 0.412. The van der Waals surface area contributed by atoms with E-state index >= 15 is 0 Å². The van der Waals surface area contributed by atoms with Gasteiger partial charge in [-0.25, -0.2) is 12.8 Å².